The molecule has 94 valence electrons. The molecule has 4 nitrogen and oxygen atoms in total. The molecule has 0 aromatic carbocycles. The van der Waals surface area contributed by atoms with Crippen molar-refractivity contribution in [3.8, 4) is 0 Å². The molecule has 1 rings (SSSR count). The molecule has 0 bridgehead atoms. The summed E-state index contributed by atoms with van der Waals surface area (Å²) in [5, 5.41) is 2.72. The number of carbonyl (C=O) groups is 1. The van der Waals surface area contributed by atoms with E-state index in [9.17, 15) is 9.18 Å². The van der Waals surface area contributed by atoms with E-state index in [4.69, 9.17) is 4.74 Å². The first-order chi connectivity index (χ1) is 7.94. The molecule has 0 aliphatic heterocycles. The minimum absolute atomic E-state index is 0.287. The van der Waals surface area contributed by atoms with Gasteiger partial charge in [-0.3, -0.25) is 4.79 Å². The summed E-state index contributed by atoms with van der Waals surface area (Å²) >= 11 is 0. The number of nitrogens with zero attached hydrogens (tertiary/aromatic N) is 1. The van der Waals surface area contributed by atoms with Gasteiger partial charge in [-0.15, -0.1) is 0 Å². The number of hydrogen-bond donors (Lipinski definition) is 1. The molecule has 0 radical (unpaired) electrons. The van der Waals surface area contributed by atoms with Gasteiger partial charge in [0.1, 0.15) is 0 Å². The van der Waals surface area contributed by atoms with Crippen molar-refractivity contribution in [3.05, 3.63) is 29.8 Å². The molecule has 1 N–H and O–H groups in total. The lowest BCUT2D eigenvalue weighted by molar-refractivity contribution is -0.00815. The number of rotatable bonds is 5. The van der Waals surface area contributed by atoms with Crippen LogP contribution in [0.2, 0.25) is 0 Å². The number of amides is 1. The van der Waals surface area contributed by atoms with Crippen LogP contribution in [0.4, 0.5) is 4.39 Å². The third-order valence-electron chi connectivity index (χ3n) is 2.20. The van der Waals surface area contributed by atoms with Crippen LogP contribution in [0.15, 0.2) is 18.3 Å². The maximum absolute atomic E-state index is 12.6. The summed E-state index contributed by atoms with van der Waals surface area (Å²) in [5.74, 6) is -0.888. The molecule has 1 aromatic heterocycles. The molecule has 1 aromatic rings. The molecule has 0 aliphatic carbocycles. The van der Waals surface area contributed by atoms with Crippen LogP contribution in [0.25, 0.3) is 0 Å². The third-order valence-corrected chi connectivity index (χ3v) is 2.20. The standard InChI is InChI=1S/C12H17FN2O2/c1-4-17-12(2,3)8-15-11(16)9-5-6-10(13)14-7-9/h5-7H,4,8H2,1-3H3,(H,15,16). The molecule has 1 amide bonds. The van der Waals surface area contributed by atoms with Crippen molar-refractivity contribution in [2.45, 2.75) is 26.4 Å². The Morgan fingerprint density at radius 2 is 2.24 bits per heavy atom. The van der Waals surface area contributed by atoms with Gasteiger partial charge >= 0.3 is 0 Å². The van der Waals surface area contributed by atoms with Gasteiger partial charge in [0.05, 0.1) is 11.2 Å². The Hall–Kier alpha value is -1.49. The average molecular weight is 240 g/mol. The Morgan fingerprint density at radius 1 is 1.53 bits per heavy atom. The lowest BCUT2D eigenvalue weighted by Crippen LogP contribution is -2.40. The number of hydrogen-bond acceptors (Lipinski definition) is 3. The van der Waals surface area contributed by atoms with Crippen molar-refractivity contribution in [3.63, 3.8) is 0 Å². The fourth-order valence-corrected chi connectivity index (χ4v) is 1.35. The SMILES string of the molecule is CCOC(C)(C)CNC(=O)c1ccc(F)nc1. The van der Waals surface area contributed by atoms with Gasteiger partial charge in [-0.05, 0) is 32.9 Å². The summed E-state index contributed by atoms with van der Waals surface area (Å²) in [6.07, 6.45) is 1.21. The number of pyridine rings is 1. The average Bonchev–Trinajstić information content (AvgIpc) is 2.27. The molecule has 0 fully saturated rings. The molecule has 0 atom stereocenters. The summed E-state index contributed by atoms with van der Waals surface area (Å²) in [5.41, 5.74) is -0.0867. The van der Waals surface area contributed by atoms with Gasteiger partial charge in [0.15, 0.2) is 0 Å². The maximum Gasteiger partial charge on any atom is 0.252 e. The van der Waals surface area contributed by atoms with Crippen LogP contribution in [-0.2, 0) is 4.74 Å². The van der Waals surface area contributed by atoms with Crippen LogP contribution in [-0.4, -0.2) is 29.6 Å². The van der Waals surface area contributed by atoms with Crippen LogP contribution < -0.4 is 5.32 Å². The molecular weight excluding hydrogens is 223 g/mol. The van der Waals surface area contributed by atoms with E-state index in [1.807, 2.05) is 20.8 Å². The summed E-state index contributed by atoms with van der Waals surface area (Å²) < 4.78 is 18.0. The largest absolute Gasteiger partial charge is 0.374 e. The molecule has 0 aliphatic rings. The first kappa shape index (κ1) is 13.6. The quantitative estimate of drug-likeness (QED) is 0.798. The minimum Gasteiger partial charge on any atom is -0.374 e. The molecule has 0 saturated heterocycles. The Morgan fingerprint density at radius 3 is 2.76 bits per heavy atom. The van der Waals surface area contributed by atoms with E-state index in [1.54, 1.807) is 0 Å². The summed E-state index contributed by atoms with van der Waals surface area (Å²) in [6, 6.07) is 2.55. The van der Waals surface area contributed by atoms with Gasteiger partial charge < -0.3 is 10.1 Å². The molecular formula is C12H17FN2O2. The highest BCUT2D eigenvalue weighted by molar-refractivity contribution is 5.93. The topological polar surface area (TPSA) is 51.2 Å². The van der Waals surface area contributed by atoms with Crippen molar-refractivity contribution >= 4 is 5.91 Å². The maximum atomic E-state index is 12.6. The van der Waals surface area contributed by atoms with E-state index in [2.05, 4.69) is 10.3 Å². The van der Waals surface area contributed by atoms with E-state index in [0.29, 0.717) is 18.7 Å². The second-order valence-electron chi connectivity index (χ2n) is 4.24. The first-order valence-corrected chi connectivity index (χ1v) is 5.48. The zero-order chi connectivity index (χ0) is 12.9. The van der Waals surface area contributed by atoms with Crippen molar-refractivity contribution < 1.29 is 13.9 Å². The zero-order valence-corrected chi connectivity index (χ0v) is 10.3. The fraction of sp³-hybridized carbons (Fsp3) is 0.500. The van der Waals surface area contributed by atoms with Crippen molar-refractivity contribution in [1.82, 2.24) is 10.3 Å². The Bertz CT molecular complexity index is 377. The number of aromatic nitrogens is 1. The molecule has 0 spiro atoms. The molecule has 5 heteroatoms. The summed E-state index contributed by atoms with van der Waals surface area (Å²) in [6.45, 7) is 6.64. The third kappa shape index (κ3) is 4.48. The predicted octanol–water partition coefficient (Wildman–Crippen LogP) is 1.77. The smallest absolute Gasteiger partial charge is 0.252 e. The predicted molar refractivity (Wildman–Crippen MR) is 62.2 cm³/mol. The van der Waals surface area contributed by atoms with Crippen LogP contribution in [0.3, 0.4) is 0 Å². The van der Waals surface area contributed by atoms with Gasteiger partial charge in [0, 0.05) is 19.3 Å². The highest BCUT2D eigenvalue weighted by Crippen LogP contribution is 2.07. The number of carbonyl (C=O) groups excluding carboxylic acids is 1. The first-order valence-electron chi connectivity index (χ1n) is 5.48. The lowest BCUT2D eigenvalue weighted by atomic mass is 10.1. The van der Waals surface area contributed by atoms with Crippen LogP contribution >= 0.6 is 0 Å². The summed E-state index contributed by atoms with van der Waals surface area (Å²) in [4.78, 5) is 15.1. The van der Waals surface area contributed by atoms with E-state index < -0.39 is 11.5 Å². The van der Waals surface area contributed by atoms with Gasteiger partial charge in [-0.2, -0.15) is 4.39 Å². The van der Waals surface area contributed by atoms with E-state index in [1.165, 1.54) is 12.3 Å². The Labute approximate surface area is 100 Å². The van der Waals surface area contributed by atoms with Crippen molar-refractivity contribution in [1.29, 1.82) is 0 Å². The second kappa shape index (κ2) is 5.72. The van der Waals surface area contributed by atoms with Crippen LogP contribution in [0.5, 0.6) is 0 Å². The van der Waals surface area contributed by atoms with Gasteiger partial charge in [-0.25, -0.2) is 4.98 Å². The van der Waals surface area contributed by atoms with Crippen LogP contribution in [0, 0.1) is 5.95 Å². The van der Waals surface area contributed by atoms with Gasteiger partial charge in [-0.1, -0.05) is 0 Å². The molecule has 1 heterocycles. The minimum atomic E-state index is -0.601. The fourth-order valence-electron chi connectivity index (χ4n) is 1.35. The van der Waals surface area contributed by atoms with Crippen molar-refractivity contribution in [2.75, 3.05) is 13.2 Å². The normalized spacial score (nSPS) is 11.3. The lowest BCUT2D eigenvalue weighted by Gasteiger charge is -2.24. The van der Waals surface area contributed by atoms with Crippen molar-refractivity contribution in [2.24, 2.45) is 0 Å². The van der Waals surface area contributed by atoms with Crippen LogP contribution in [0.1, 0.15) is 31.1 Å². The van der Waals surface area contributed by atoms with E-state index >= 15 is 0 Å². The molecule has 0 saturated carbocycles. The second-order valence-corrected chi connectivity index (χ2v) is 4.24. The Balaban J connectivity index is 2.53. The number of nitrogens with one attached hydrogen (secondary N) is 1. The van der Waals surface area contributed by atoms with E-state index in [-0.39, 0.29) is 5.91 Å². The monoisotopic (exact) mass is 240 g/mol. The highest BCUT2D eigenvalue weighted by Gasteiger charge is 2.19. The summed E-state index contributed by atoms with van der Waals surface area (Å²) in [7, 11) is 0. The Kier molecular flexibility index (Phi) is 4.57. The molecule has 17 heavy (non-hydrogen) atoms. The number of halogens is 1. The zero-order valence-electron chi connectivity index (χ0n) is 10.3. The molecule has 0 unspecified atom stereocenters. The van der Waals surface area contributed by atoms with E-state index in [0.717, 1.165) is 6.07 Å². The number of ether oxygens (including phenoxy) is 1. The van der Waals surface area contributed by atoms with Gasteiger partial charge in [0.2, 0.25) is 5.95 Å². The van der Waals surface area contributed by atoms with Gasteiger partial charge in [0.25, 0.3) is 5.91 Å². The highest BCUT2D eigenvalue weighted by atomic mass is 19.1.